The highest BCUT2D eigenvalue weighted by atomic mass is 35.5. The van der Waals surface area contributed by atoms with Crippen molar-refractivity contribution in [3.8, 4) is 46.5 Å². The largest absolute Gasteiger partial charge is 0.489 e. The molecule has 4 aromatic carbocycles. The van der Waals surface area contributed by atoms with Crippen LogP contribution in [0.4, 0.5) is 0 Å². The van der Waals surface area contributed by atoms with Crippen molar-refractivity contribution < 1.29 is 24.0 Å². The van der Waals surface area contributed by atoms with E-state index in [0.29, 0.717) is 60.2 Å². The van der Waals surface area contributed by atoms with Crippen LogP contribution in [0.5, 0.6) is 11.5 Å². The number of carbonyl (C=O) groups is 1. The molecule has 0 unspecified atom stereocenters. The number of hydrogen-bond acceptors (Lipinski definition) is 10. The number of amidine groups is 1. The standard InChI is InChI=1S/C18H13Cl2N3O2.C10H13ClN2O2.C8H3Cl2NO/c1-10(2)24-16-6-4-12(8-15(16)20)17-22-18(25-23-17)13-5-3-11(9-21)7-14(13)19;1-6(2)15-9-4-3-7(5-8(9)11)10(12)13-14;9-7-3-5(4-11)1-2-6(7)8(10)12/h3-8,10H,1-2H3;3-6,14H,1-2H3,(H2,12,13);1-3H. The Kier molecular flexibility index (Phi) is 15.6. The van der Waals surface area contributed by atoms with Gasteiger partial charge >= 0.3 is 0 Å². The van der Waals surface area contributed by atoms with Crippen LogP contribution < -0.4 is 15.2 Å². The molecule has 0 atom stereocenters. The molecule has 0 amide bonds. The smallest absolute Gasteiger partial charge is 0.259 e. The maximum Gasteiger partial charge on any atom is 0.259 e. The molecule has 16 heteroatoms. The number of halogens is 5. The summed E-state index contributed by atoms with van der Waals surface area (Å²) in [6.45, 7) is 7.68. The van der Waals surface area contributed by atoms with Gasteiger partial charge in [0.15, 0.2) is 5.84 Å². The minimum absolute atomic E-state index is 0.0213. The first-order valence-electron chi connectivity index (χ1n) is 15.0. The zero-order valence-electron chi connectivity index (χ0n) is 27.9. The van der Waals surface area contributed by atoms with Gasteiger partial charge in [-0.15, -0.1) is 0 Å². The Labute approximate surface area is 324 Å². The van der Waals surface area contributed by atoms with Gasteiger partial charge in [-0.05, 0) is 112 Å². The van der Waals surface area contributed by atoms with Gasteiger partial charge in [-0.2, -0.15) is 15.5 Å². The quantitative estimate of drug-likeness (QED) is 0.0504. The molecule has 1 heterocycles. The van der Waals surface area contributed by atoms with Gasteiger partial charge in [-0.1, -0.05) is 56.7 Å². The molecular weight excluding hydrogens is 774 g/mol. The zero-order valence-corrected chi connectivity index (χ0v) is 31.6. The van der Waals surface area contributed by atoms with E-state index in [-0.39, 0.29) is 34.5 Å². The van der Waals surface area contributed by atoms with Crippen LogP contribution in [-0.4, -0.2) is 38.6 Å². The average Bonchev–Trinajstić information content (AvgIpc) is 3.59. The first-order chi connectivity index (χ1) is 24.7. The third-order valence-electron chi connectivity index (χ3n) is 6.32. The van der Waals surface area contributed by atoms with E-state index in [1.54, 1.807) is 54.6 Å². The summed E-state index contributed by atoms with van der Waals surface area (Å²) in [6.07, 6.45) is 0.0795. The van der Waals surface area contributed by atoms with Crippen LogP contribution >= 0.6 is 58.0 Å². The van der Waals surface area contributed by atoms with E-state index in [4.69, 9.17) is 93.5 Å². The number of nitrogens with two attached hydrogens (primary N) is 1. The second kappa shape index (κ2) is 19.6. The van der Waals surface area contributed by atoms with Crippen molar-refractivity contribution in [2.75, 3.05) is 0 Å². The fourth-order valence-corrected chi connectivity index (χ4v) is 5.20. The second-order valence-electron chi connectivity index (χ2n) is 10.9. The van der Waals surface area contributed by atoms with Crippen molar-refractivity contribution in [1.29, 1.82) is 10.5 Å². The van der Waals surface area contributed by atoms with Gasteiger partial charge < -0.3 is 24.9 Å². The van der Waals surface area contributed by atoms with Crippen LogP contribution in [0.25, 0.3) is 22.8 Å². The molecule has 0 fully saturated rings. The second-order valence-corrected chi connectivity index (χ2v) is 12.9. The van der Waals surface area contributed by atoms with Crippen LogP contribution in [0.1, 0.15) is 54.7 Å². The lowest BCUT2D eigenvalue weighted by Gasteiger charge is -2.11. The van der Waals surface area contributed by atoms with E-state index in [0.717, 1.165) is 0 Å². The van der Waals surface area contributed by atoms with Gasteiger partial charge in [0, 0.05) is 11.1 Å². The number of carbonyl (C=O) groups excluding carboxylic acids is 1. The predicted molar refractivity (Wildman–Crippen MR) is 202 cm³/mol. The summed E-state index contributed by atoms with van der Waals surface area (Å²) in [5.41, 5.74) is 8.31. The molecule has 0 aliphatic carbocycles. The fraction of sp³-hybridized carbons (Fsp3) is 0.167. The van der Waals surface area contributed by atoms with Crippen LogP contribution in [0, 0.1) is 22.7 Å². The molecule has 3 N–H and O–H groups in total. The van der Waals surface area contributed by atoms with Crippen LogP contribution in [0.3, 0.4) is 0 Å². The predicted octanol–water partition coefficient (Wildman–Crippen LogP) is 10.2. The summed E-state index contributed by atoms with van der Waals surface area (Å²) < 4.78 is 16.3. The Morgan fingerprint density at radius 1 is 0.808 bits per heavy atom. The monoisotopic (exact) mass is 800 g/mol. The van der Waals surface area contributed by atoms with Gasteiger partial charge in [0.05, 0.1) is 66.7 Å². The lowest BCUT2D eigenvalue weighted by Crippen LogP contribution is -2.13. The van der Waals surface area contributed by atoms with Crippen molar-refractivity contribution in [3.05, 3.63) is 115 Å². The normalized spacial score (nSPS) is 10.7. The lowest BCUT2D eigenvalue weighted by atomic mass is 10.1. The highest BCUT2D eigenvalue weighted by Crippen LogP contribution is 2.33. The van der Waals surface area contributed by atoms with Gasteiger partial charge in [0.1, 0.15) is 11.5 Å². The summed E-state index contributed by atoms with van der Waals surface area (Å²) in [5, 5.41) is 33.6. The number of ether oxygens (including phenoxy) is 2. The Morgan fingerprint density at radius 3 is 1.85 bits per heavy atom. The molecule has 0 radical (unpaired) electrons. The number of nitrogens with zero attached hydrogens (tertiary/aromatic N) is 5. The number of aromatic nitrogens is 2. The zero-order chi connectivity index (χ0) is 38.5. The Bertz CT molecular complexity index is 2160. The van der Waals surface area contributed by atoms with Crippen molar-refractivity contribution in [3.63, 3.8) is 0 Å². The molecule has 11 nitrogen and oxygen atoms in total. The highest BCUT2D eigenvalue weighted by molar-refractivity contribution is 6.68. The summed E-state index contributed by atoms with van der Waals surface area (Å²) in [7, 11) is 0. The molecule has 0 saturated heterocycles. The number of oxime groups is 1. The van der Waals surface area contributed by atoms with E-state index in [1.807, 2.05) is 39.8 Å². The molecule has 0 aliphatic rings. The van der Waals surface area contributed by atoms with Gasteiger partial charge in [-0.3, -0.25) is 4.79 Å². The van der Waals surface area contributed by atoms with Crippen LogP contribution in [0.15, 0.2) is 82.5 Å². The van der Waals surface area contributed by atoms with Crippen LogP contribution in [0.2, 0.25) is 20.1 Å². The molecule has 5 rings (SSSR count). The fourth-order valence-electron chi connectivity index (χ4n) is 4.01. The molecule has 52 heavy (non-hydrogen) atoms. The van der Waals surface area contributed by atoms with E-state index >= 15 is 0 Å². The summed E-state index contributed by atoms with van der Waals surface area (Å²) in [4.78, 5) is 15.0. The summed E-state index contributed by atoms with van der Waals surface area (Å²) in [6, 6.07) is 23.3. The van der Waals surface area contributed by atoms with Gasteiger partial charge in [0.25, 0.3) is 11.1 Å². The van der Waals surface area contributed by atoms with Crippen molar-refractivity contribution >= 4 is 69.1 Å². The third-order valence-corrected chi connectivity index (χ3v) is 7.74. The molecular formula is C36H29Cl5N6O5. The molecule has 268 valence electrons. The van der Waals surface area contributed by atoms with E-state index in [1.165, 1.54) is 18.2 Å². The van der Waals surface area contributed by atoms with E-state index in [9.17, 15) is 4.79 Å². The molecule has 0 saturated carbocycles. The minimum Gasteiger partial charge on any atom is -0.489 e. The van der Waals surface area contributed by atoms with Crippen molar-refractivity contribution in [2.24, 2.45) is 10.9 Å². The first kappa shape index (κ1) is 41.4. The first-order valence-corrected chi connectivity index (χ1v) is 16.9. The van der Waals surface area contributed by atoms with Crippen LogP contribution in [-0.2, 0) is 0 Å². The molecule has 0 bridgehead atoms. The number of nitriles is 2. The Balaban J connectivity index is 0.000000230. The highest BCUT2D eigenvalue weighted by Gasteiger charge is 2.16. The molecule has 0 spiro atoms. The maximum absolute atomic E-state index is 10.7. The van der Waals surface area contributed by atoms with E-state index < -0.39 is 5.24 Å². The maximum atomic E-state index is 10.7. The van der Waals surface area contributed by atoms with Crippen molar-refractivity contribution in [1.82, 2.24) is 10.1 Å². The summed E-state index contributed by atoms with van der Waals surface area (Å²) >= 11 is 29.2. The van der Waals surface area contributed by atoms with Gasteiger partial charge in [0.2, 0.25) is 5.82 Å². The SMILES string of the molecule is CC(C)Oc1ccc(-c2noc(-c3ccc(C#N)cc3Cl)n2)cc1Cl.CC(C)Oc1ccc(/C(N)=N/O)cc1Cl.N#Cc1ccc(C(=O)Cl)c(Cl)c1. The number of rotatable bonds is 8. The van der Waals surface area contributed by atoms with Gasteiger partial charge in [-0.25, -0.2) is 0 Å². The minimum atomic E-state index is -0.621. The Morgan fingerprint density at radius 2 is 1.37 bits per heavy atom. The van der Waals surface area contributed by atoms with E-state index in [2.05, 4.69) is 15.3 Å². The average molecular weight is 803 g/mol. The molecule has 5 aromatic rings. The Hall–Kier alpha value is -5.01. The number of hydrogen-bond donors (Lipinski definition) is 2. The topological polar surface area (TPSA) is 181 Å². The third kappa shape index (κ3) is 11.8. The number of benzene rings is 4. The summed E-state index contributed by atoms with van der Waals surface area (Å²) in [5.74, 6) is 1.85. The lowest BCUT2D eigenvalue weighted by molar-refractivity contribution is 0.108. The van der Waals surface area contributed by atoms with Crippen molar-refractivity contribution in [2.45, 2.75) is 39.9 Å². The molecule has 0 aliphatic heterocycles. The molecule has 1 aromatic heterocycles.